The molecule has 0 saturated carbocycles. The van der Waals surface area contributed by atoms with Crippen molar-refractivity contribution in [2.45, 2.75) is 16.0 Å². The second-order valence-electron chi connectivity index (χ2n) is 6.83. The van der Waals surface area contributed by atoms with Gasteiger partial charge in [0.15, 0.2) is 0 Å². The summed E-state index contributed by atoms with van der Waals surface area (Å²) in [5.74, 6) is -0.520. The number of sulfonamides is 1. The third-order valence-electron chi connectivity index (χ3n) is 4.96. The fourth-order valence-corrected chi connectivity index (χ4v) is 5.53. The molecule has 172 valence electrons. The fraction of sp³-hybridized carbons (Fsp3) is 0.316. The lowest BCUT2D eigenvalue weighted by Crippen LogP contribution is -2.50. The average molecular weight is 489 g/mol. The second-order valence-corrected chi connectivity index (χ2v) is 9.59. The average Bonchev–Trinajstić information content (AvgIpc) is 2.77. The number of alkyl halides is 3. The largest absolute Gasteiger partial charge is 0.417 e. The maximum atomic E-state index is 13.3. The summed E-state index contributed by atoms with van der Waals surface area (Å²) < 4.78 is 66.4. The van der Waals surface area contributed by atoms with Crippen LogP contribution < -0.4 is 0 Å². The van der Waals surface area contributed by atoms with Crippen LogP contribution in [0.2, 0.25) is 0 Å². The molecular formula is C19H18F3N3O5S2. The first-order chi connectivity index (χ1) is 15.0. The van der Waals surface area contributed by atoms with Crippen molar-refractivity contribution in [1.29, 1.82) is 0 Å². The lowest BCUT2D eigenvalue weighted by molar-refractivity contribution is -0.387. The molecule has 1 heterocycles. The number of nitro benzene ring substituents is 1. The molecule has 3 rings (SSSR count). The minimum Gasteiger partial charge on any atom is -0.336 e. The number of hydrogen-bond donors (Lipinski definition) is 0. The van der Waals surface area contributed by atoms with Crippen LogP contribution >= 0.6 is 11.8 Å². The number of nitrogens with zero attached hydrogens (tertiary/aromatic N) is 3. The smallest absolute Gasteiger partial charge is 0.336 e. The van der Waals surface area contributed by atoms with E-state index < -0.39 is 37.5 Å². The zero-order valence-corrected chi connectivity index (χ0v) is 18.3. The summed E-state index contributed by atoms with van der Waals surface area (Å²) in [6, 6.07) is 8.01. The van der Waals surface area contributed by atoms with Gasteiger partial charge in [0.2, 0.25) is 10.0 Å². The molecule has 0 N–H and O–H groups in total. The predicted octanol–water partition coefficient (Wildman–Crippen LogP) is 3.48. The van der Waals surface area contributed by atoms with Gasteiger partial charge in [-0.15, -0.1) is 11.8 Å². The molecule has 1 aliphatic rings. The number of amides is 1. The van der Waals surface area contributed by atoms with Gasteiger partial charge in [0.1, 0.15) is 0 Å². The molecule has 32 heavy (non-hydrogen) atoms. The number of halogens is 3. The Morgan fingerprint density at radius 3 is 2.28 bits per heavy atom. The molecule has 0 bridgehead atoms. The predicted molar refractivity (Wildman–Crippen MR) is 111 cm³/mol. The van der Waals surface area contributed by atoms with Crippen LogP contribution in [0.4, 0.5) is 18.9 Å². The quantitative estimate of drug-likeness (QED) is 0.362. The highest BCUT2D eigenvalue weighted by atomic mass is 32.2. The first kappa shape index (κ1) is 24.0. The Morgan fingerprint density at radius 1 is 1.09 bits per heavy atom. The van der Waals surface area contributed by atoms with Gasteiger partial charge in [0.25, 0.3) is 11.6 Å². The first-order valence-electron chi connectivity index (χ1n) is 9.25. The van der Waals surface area contributed by atoms with Gasteiger partial charge in [-0.05, 0) is 30.5 Å². The number of carbonyl (C=O) groups is 1. The zero-order valence-electron chi connectivity index (χ0n) is 16.7. The van der Waals surface area contributed by atoms with Gasteiger partial charge in [-0.1, -0.05) is 12.1 Å². The molecule has 0 unspecified atom stereocenters. The molecule has 0 aromatic heterocycles. The van der Waals surface area contributed by atoms with Crippen molar-refractivity contribution >= 4 is 33.4 Å². The van der Waals surface area contributed by atoms with Crippen LogP contribution in [0.25, 0.3) is 0 Å². The Bertz CT molecular complexity index is 1150. The lowest BCUT2D eigenvalue weighted by atomic mass is 10.1. The van der Waals surface area contributed by atoms with Crippen LogP contribution in [0.3, 0.4) is 0 Å². The fourth-order valence-electron chi connectivity index (χ4n) is 3.34. The molecule has 2 aromatic rings. The monoisotopic (exact) mass is 489 g/mol. The van der Waals surface area contributed by atoms with Crippen molar-refractivity contribution in [3.63, 3.8) is 0 Å². The first-order valence-corrected chi connectivity index (χ1v) is 11.9. The molecule has 1 saturated heterocycles. The van der Waals surface area contributed by atoms with E-state index in [1.165, 1.54) is 23.1 Å². The molecule has 0 atom stereocenters. The highest BCUT2D eigenvalue weighted by Crippen LogP contribution is 2.35. The lowest BCUT2D eigenvalue weighted by Gasteiger charge is -2.34. The van der Waals surface area contributed by atoms with E-state index in [9.17, 15) is 36.5 Å². The number of nitro groups is 1. The summed E-state index contributed by atoms with van der Waals surface area (Å²) in [6.45, 7) is -0.537. The van der Waals surface area contributed by atoms with Crippen molar-refractivity contribution in [3.05, 3.63) is 63.7 Å². The van der Waals surface area contributed by atoms with Gasteiger partial charge in [0.05, 0.1) is 20.3 Å². The van der Waals surface area contributed by atoms with Gasteiger partial charge >= 0.3 is 6.18 Å². The summed E-state index contributed by atoms with van der Waals surface area (Å²) in [4.78, 5) is 24.3. The van der Waals surface area contributed by atoms with Crippen molar-refractivity contribution in [2.24, 2.45) is 0 Å². The van der Waals surface area contributed by atoms with Crippen LogP contribution in [0.5, 0.6) is 0 Å². The normalized spacial score (nSPS) is 15.6. The van der Waals surface area contributed by atoms with E-state index in [4.69, 9.17) is 0 Å². The summed E-state index contributed by atoms with van der Waals surface area (Å²) in [5.41, 5.74) is -1.39. The number of piperazine rings is 1. The molecule has 1 aliphatic heterocycles. The molecule has 0 spiro atoms. The zero-order chi connectivity index (χ0) is 23.7. The van der Waals surface area contributed by atoms with E-state index in [2.05, 4.69) is 0 Å². The van der Waals surface area contributed by atoms with Crippen molar-refractivity contribution in [1.82, 2.24) is 9.21 Å². The maximum Gasteiger partial charge on any atom is 0.417 e. The molecule has 0 radical (unpaired) electrons. The third kappa shape index (κ3) is 4.74. The third-order valence-corrected chi connectivity index (χ3v) is 7.70. The molecule has 13 heteroatoms. The summed E-state index contributed by atoms with van der Waals surface area (Å²) >= 11 is 1.16. The van der Waals surface area contributed by atoms with Gasteiger partial charge in [0, 0.05) is 37.8 Å². The van der Waals surface area contributed by atoms with Crippen molar-refractivity contribution < 1.29 is 31.3 Å². The number of carbonyl (C=O) groups excluding carboxylic acids is 1. The van der Waals surface area contributed by atoms with Crippen LogP contribution in [0.15, 0.2) is 52.3 Å². The number of hydrogen-bond acceptors (Lipinski definition) is 6. The molecule has 0 aliphatic carbocycles. The minimum atomic E-state index is -4.83. The Kier molecular flexibility index (Phi) is 6.81. The minimum absolute atomic E-state index is 0.0652. The molecular weight excluding hydrogens is 471 g/mol. The van der Waals surface area contributed by atoms with E-state index in [-0.39, 0.29) is 37.4 Å². The molecule has 2 aromatic carbocycles. The highest BCUT2D eigenvalue weighted by Gasteiger charge is 2.39. The number of rotatable bonds is 5. The number of thioether (sulfide) groups is 1. The highest BCUT2D eigenvalue weighted by molar-refractivity contribution is 7.98. The van der Waals surface area contributed by atoms with Gasteiger partial charge in [-0.2, -0.15) is 17.5 Å². The maximum absolute atomic E-state index is 13.3. The summed E-state index contributed by atoms with van der Waals surface area (Å²) in [7, 11) is -4.43. The van der Waals surface area contributed by atoms with E-state index in [1.54, 1.807) is 6.26 Å². The second kappa shape index (κ2) is 9.08. The Balaban J connectivity index is 1.78. The van der Waals surface area contributed by atoms with Gasteiger partial charge < -0.3 is 4.90 Å². The van der Waals surface area contributed by atoms with Crippen LogP contribution in [-0.2, 0) is 16.2 Å². The molecule has 1 amide bonds. The Morgan fingerprint density at radius 2 is 1.72 bits per heavy atom. The van der Waals surface area contributed by atoms with E-state index in [1.807, 2.05) is 0 Å². The van der Waals surface area contributed by atoms with Crippen LogP contribution in [0.1, 0.15) is 15.9 Å². The van der Waals surface area contributed by atoms with Gasteiger partial charge in [-0.25, -0.2) is 8.42 Å². The van der Waals surface area contributed by atoms with Crippen LogP contribution in [0, 0.1) is 10.1 Å². The summed E-state index contributed by atoms with van der Waals surface area (Å²) in [6.07, 6.45) is -3.17. The van der Waals surface area contributed by atoms with E-state index in [0.29, 0.717) is 11.0 Å². The van der Waals surface area contributed by atoms with E-state index in [0.717, 1.165) is 34.3 Å². The van der Waals surface area contributed by atoms with E-state index >= 15 is 0 Å². The van der Waals surface area contributed by atoms with Crippen molar-refractivity contribution in [2.75, 3.05) is 32.4 Å². The molecule has 1 fully saturated rings. The van der Waals surface area contributed by atoms with Crippen LogP contribution in [-0.4, -0.2) is 60.9 Å². The SMILES string of the molecule is CSc1ccc(C(=O)N2CCN(S(=O)(=O)c3ccccc3C(F)(F)F)CC2)cc1[N+](=O)[O-]. The van der Waals surface area contributed by atoms with Crippen molar-refractivity contribution in [3.8, 4) is 0 Å². The number of benzene rings is 2. The molecule has 8 nitrogen and oxygen atoms in total. The van der Waals surface area contributed by atoms with Gasteiger partial charge in [-0.3, -0.25) is 14.9 Å². The topological polar surface area (TPSA) is 101 Å². The Hall–Kier alpha value is -2.64. The standard InChI is InChI=1S/C19H18F3N3O5S2/c1-31-16-7-6-13(12-15(16)25(27)28)18(26)23-8-10-24(11-9-23)32(29,30)17-5-3-2-4-14(17)19(20,21)22/h2-7,12H,8-11H2,1H3. The Labute approximate surface area is 186 Å². The summed E-state index contributed by atoms with van der Waals surface area (Å²) in [5, 5.41) is 11.2.